The minimum absolute atomic E-state index is 0.116. The summed E-state index contributed by atoms with van der Waals surface area (Å²) in [6, 6.07) is 0.819. The second-order valence-electron chi connectivity index (χ2n) is 4.11. The van der Waals surface area contributed by atoms with Crippen LogP contribution in [0.4, 0.5) is 0 Å². The molecule has 0 aromatic heterocycles. The first-order valence-electron chi connectivity index (χ1n) is 5.72. The highest BCUT2D eigenvalue weighted by atomic mass is 16.5. The molecule has 1 rings (SSSR count). The fourth-order valence-corrected chi connectivity index (χ4v) is 2.26. The molecule has 1 heterocycles. The number of carbonyl (C=O) groups is 1. The second kappa shape index (κ2) is 6.08. The van der Waals surface area contributed by atoms with Crippen LogP contribution in [0.1, 0.15) is 26.7 Å². The zero-order valence-corrected chi connectivity index (χ0v) is 9.95. The van der Waals surface area contributed by atoms with Gasteiger partial charge in [-0.15, -0.1) is 0 Å². The quantitative estimate of drug-likeness (QED) is 0.699. The molecule has 0 saturated carbocycles. The van der Waals surface area contributed by atoms with Gasteiger partial charge in [-0.25, -0.2) is 0 Å². The van der Waals surface area contributed by atoms with Crippen molar-refractivity contribution >= 4 is 5.97 Å². The Labute approximate surface area is 92.0 Å². The van der Waals surface area contributed by atoms with Gasteiger partial charge in [-0.05, 0) is 26.4 Å². The summed E-state index contributed by atoms with van der Waals surface area (Å²) >= 11 is 0. The van der Waals surface area contributed by atoms with Gasteiger partial charge in [0, 0.05) is 18.6 Å². The van der Waals surface area contributed by atoms with Crippen LogP contribution in [0.15, 0.2) is 0 Å². The zero-order chi connectivity index (χ0) is 11.3. The van der Waals surface area contributed by atoms with Crippen LogP contribution in [0.3, 0.4) is 0 Å². The van der Waals surface area contributed by atoms with Crippen molar-refractivity contribution in [1.82, 2.24) is 10.2 Å². The van der Waals surface area contributed by atoms with Crippen LogP contribution >= 0.6 is 0 Å². The van der Waals surface area contributed by atoms with E-state index in [1.54, 1.807) is 0 Å². The summed E-state index contributed by atoms with van der Waals surface area (Å²) in [5.74, 6) is -0.116. The Morgan fingerprint density at radius 2 is 2.33 bits per heavy atom. The first-order chi connectivity index (χ1) is 7.19. The Morgan fingerprint density at radius 3 is 2.93 bits per heavy atom. The lowest BCUT2D eigenvalue weighted by Gasteiger charge is -2.32. The topological polar surface area (TPSA) is 41.6 Å². The average Bonchev–Trinajstić information content (AvgIpc) is 2.40. The van der Waals surface area contributed by atoms with Gasteiger partial charge in [0.2, 0.25) is 0 Å². The highest BCUT2D eigenvalue weighted by molar-refractivity contribution is 5.69. The molecular formula is C11H22N2O2. The number of rotatable bonds is 3. The number of likely N-dealkylation sites (N-methyl/N-ethyl adjacent to an activating group) is 1. The highest BCUT2D eigenvalue weighted by Gasteiger charge is 2.26. The predicted octanol–water partition coefficient (Wildman–Crippen LogP) is 0.622. The van der Waals surface area contributed by atoms with Gasteiger partial charge < -0.3 is 10.1 Å². The minimum atomic E-state index is -0.116. The normalized spacial score (nSPS) is 28.5. The van der Waals surface area contributed by atoms with E-state index in [1.165, 1.54) is 7.11 Å². The molecule has 0 spiro atoms. The van der Waals surface area contributed by atoms with Crippen molar-refractivity contribution in [2.45, 2.75) is 38.8 Å². The maximum absolute atomic E-state index is 11.3. The van der Waals surface area contributed by atoms with Crippen LogP contribution in [-0.4, -0.2) is 49.7 Å². The van der Waals surface area contributed by atoms with Gasteiger partial charge in [-0.2, -0.15) is 0 Å². The van der Waals surface area contributed by atoms with Crippen molar-refractivity contribution in [1.29, 1.82) is 0 Å². The van der Waals surface area contributed by atoms with E-state index in [9.17, 15) is 4.79 Å². The number of ether oxygens (including phenoxy) is 1. The van der Waals surface area contributed by atoms with Crippen LogP contribution in [0.2, 0.25) is 0 Å². The number of esters is 1. The van der Waals surface area contributed by atoms with Gasteiger partial charge in [0.05, 0.1) is 13.5 Å². The molecule has 0 aromatic rings. The van der Waals surface area contributed by atoms with Crippen molar-refractivity contribution in [3.05, 3.63) is 0 Å². The third kappa shape index (κ3) is 3.47. The molecule has 4 nitrogen and oxygen atoms in total. The van der Waals surface area contributed by atoms with Crippen LogP contribution in [0.25, 0.3) is 0 Å². The van der Waals surface area contributed by atoms with Crippen molar-refractivity contribution in [2.24, 2.45) is 0 Å². The van der Waals surface area contributed by atoms with Crippen LogP contribution < -0.4 is 5.32 Å². The van der Waals surface area contributed by atoms with Gasteiger partial charge in [0.1, 0.15) is 0 Å². The molecule has 4 heteroatoms. The van der Waals surface area contributed by atoms with Gasteiger partial charge >= 0.3 is 5.97 Å². The summed E-state index contributed by atoms with van der Waals surface area (Å²) in [4.78, 5) is 13.7. The maximum atomic E-state index is 11.3. The van der Waals surface area contributed by atoms with E-state index in [2.05, 4.69) is 24.1 Å². The summed E-state index contributed by atoms with van der Waals surface area (Å²) in [6.07, 6.45) is 1.63. The summed E-state index contributed by atoms with van der Waals surface area (Å²) in [7, 11) is 1.45. The fourth-order valence-electron chi connectivity index (χ4n) is 2.26. The van der Waals surface area contributed by atoms with Gasteiger partial charge in [0.15, 0.2) is 0 Å². The molecule has 1 aliphatic heterocycles. The Hall–Kier alpha value is -0.610. The van der Waals surface area contributed by atoms with Gasteiger partial charge in [0.25, 0.3) is 0 Å². The lowest BCUT2D eigenvalue weighted by molar-refractivity contribution is -0.142. The molecule has 0 aliphatic carbocycles. The first-order valence-corrected chi connectivity index (χ1v) is 5.72. The third-order valence-electron chi connectivity index (χ3n) is 3.15. The molecule has 88 valence electrons. The molecule has 1 N–H and O–H groups in total. The summed E-state index contributed by atoms with van der Waals surface area (Å²) in [5, 5.41) is 3.37. The molecule has 15 heavy (non-hydrogen) atoms. The van der Waals surface area contributed by atoms with E-state index in [0.717, 1.165) is 26.1 Å². The number of hydrogen-bond donors (Lipinski definition) is 1. The van der Waals surface area contributed by atoms with E-state index >= 15 is 0 Å². The average molecular weight is 214 g/mol. The van der Waals surface area contributed by atoms with Crippen molar-refractivity contribution in [3.8, 4) is 0 Å². The second-order valence-corrected chi connectivity index (χ2v) is 4.11. The standard InChI is InChI=1S/C11H22N2O2/c1-4-13-9(2)5-6-12-8-10(13)7-11(14)15-3/h9-10,12H,4-8H2,1-3H3. The molecule has 0 amide bonds. The summed E-state index contributed by atoms with van der Waals surface area (Å²) in [6.45, 7) is 7.28. The largest absolute Gasteiger partial charge is 0.469 e. The molecule has 2 atom stereocenters. The molecule has 1 aliphatic rings. The lowest BCUT2D eigenvalue weighted by atomic mass is 10.1. The van der Waals surface area contributed by atoms with Gasteiger partial charge in [-0.3, -0.25) is 9.69 Å². The monoisotopic (exact) mass is 214 g/mol. The lowest BCUT2D eigenvalue weighted by Crippen LogP contribution is -2.44. The molecule has 1 saturated heterocycles. The van der Waals surface area contributed by atoms with Gasteiger partial charge in [-0.1, -0.05) is 6.92 Å². The van der Waals surface area contributed by atoms with E-state index in [4.69, 9.17) is 4.74 Å². The predicted molar refractivity (Wildman–Crippen MR) is 59.7 cm³/mol. The van der Waals surface area contributed by atoms with E-state index in [-0.39, 0.29) is 12.0 Å². The molecule has 2 unspecified atom stereocenters. The number of nitrogens with one attached hydrogen (secondary N) is 1. The zero-order valence-electron chi connectivity index (χ0n) is 9.95. The Kier molecular flexibility index (Phi) is 5.05. The Morgan fingerprint density at radius 1 is 1.60 bits per heavy atom. The smallest absolute Gasteiger partial charge is 0.307 e. The maximum Gasteiger partial charge on any atom is 0.307 e. The molecule has 0 radical (unpaired) electrons. The molecule has 1 fully saturated rings. The van der Waals surface area contributed by atoms with Crippen LogP contribution in [-0.2, 0) is 9.53 Å². The minimum Gasteiger partial charge on any atom is -0.469 e. The summed E-state index contributed by atoms with van der Waals surface area (Å²) < 4.78 is 4.73. The van der Waals surface area contributed by atoms with Crippen LogP contribution in [0, 0.1) is 0 Å². The number of carbonyl (C=O) groups excluding carboxylic acids is 1. The van der Waals surface area contributed by atoms with E-state index in [1.807, 2.05) is 0 Å². The van der Waals surface area contributed by atoms with Crippen molar-refractivity contribution in [3.63, 3.8) is 0 Å². The van der Waals surface area contributed by atoms with Crippen molar-refractivity contribution < 1.29 is 9.53 Å². The fraction of sp³-hybridized carbons (Fsp3) is 0.909. The number of methoxy groups -OCH3 is 1. The Balaban J connectivity index is 2.60. The van der Waals surface area contributed by atoms with Crippen molar-refractivity contribution in [2.75, 3.05) is 26.7 Å². The highest BCUT2D eigenvalue weighted by Crippen LogP contribution is 2.14. The van der Waals surface area contributed by atoms with Crippen LogP contribution in [0.5, 0.6) is 0 Å². The molecule has 0 bridgehead atoms. The number of nitrogens with zero attached hydrogens (tertiary/aromatic N) is 1. The Bertz CT molecular complexity index is 209. The molecular weight excluding hydrogens is 192 g/mol. The van der Waals surface area contributed by atoms with E-state index in [0.29, 0.717) is 12.5 Å². The molecule has 0 aromatic carbocycles. The number of hydrogen-bond acceptors (Lipinski definition) is 4. The summed E-state index contributed by atoms with van der Waals surface area (Å²) in [5.41, 5.74) is 0. The SMILES string of the molecule is CCN1C(C)CCNCC1CC(=O)OC. The first kappa shape index (κ1) is 12.5. The van der Waals surface area contributed by atoms with E-state index < -0.39 is 0 Å². The third-order valence-corrected chi connectivity index (χ3v) is 3.15.